The van der Waals surface area contributed by atoms with Gasteiger partial charge in [-0.3, -0.25) is 0 Å². The quantitative estimate of drug-likeness (QED) is 0.885. The lowest BCUT2D eigenvalue weighted by atomic mass is 10.2. The van der Waals surface area contributed by atoms with Crippen LogP contribution in [0.2, 0.25) is 0 Å². The highest BCUT2D eigenvalue weighted by Crippen LogP contribution is 2.14. The highest BCUT2D eigenvalue weighted by atomic mass is 32.2. The molecule has 0 saturated carbocycles. The molecule has 0 aliphatic heterocycles. The van der Waals surface area contributed by atoms with Crippen molar-refractivity contribution in [2.75, 3.05) is 12.4 Å². The normalized spacial score (nSPS) is 11.0. The maximum Gasteiger partial charge on any atom is 0.335 e. The van der Waals surface area contributed by atoms with Crippen molar-refractivity contribution in [2.24, 2.45) is 0 Å². The van der Waals surface area contributed by atoms with Crippen LogP contribution in [0.3, 0.4) is 0 Å². The second-order valence-corrected chi connectivity index (χ2v) is 6.42. The molecule has 21 heavy (non-hydrogen) atoms. The molecule has 5 nitrogen and oxygen atoms in total. The molecular formula is C15H14O5S. The number of sulfone groups is 1. The van der Waals surface area contributed by atoms with Gasteiger partial charge in [0, 0.05) is 0 Å². The number of hydrogen-bond donors (Lipinski definition) is 1. The minimum atomic E-state index is -3.37. The Kier molecular flexibility index (Phi) is 4.59. The van der Waals surface area contributed by atoms with Gasteiger partial charge < -0.3 is 9.84 Å². The predicted molar refractivity (Wildman–Crippen MR) is 77.4 cm³/mol. The zero-order chi connectivity index (χ0) is 15.3. The van der Waals surface area contributed by atoms with Gasteiger partial charge in [-0.2, -0.15) is 0 Å². The first-order valence-corrected chi connectivity index (χ1v) is 7.88. The molecule has 6 heteroatoms. The van der Waals surface area contributed by atoms with E-state index in [0.717, 1.165) is 0 Å². The van der Waals surface area contributed by atoms with Crippen LogP contribution in [0.4, 0.5) is 0 Å². The van der Waals surface area contributed by atoms with E-state index in [-0.39, 0.29) is 22.8 Å². The Morgan fingerprint density at radius 3 is 2.19 bits per heavy atom. The van der Waals surface area contributed by atoms with Crippen molar-refractivity contribution in [1.82, 2.24) is 0 Å². The Morgan fingerprint density at radius 1 is 1.00 bits per heavy atom. The van der Waals surface area contributed by atoms with E-state index in [1.807, 2.05) is 0 Å². The zero-order valence-corrected chi connectivity index (χ0v) is 11.9. The van der Waals surface area contributed by atoms with Crippen LogP contribution >= 0.6 is 0 Å². The lowest BCUT2D eigenvalue weighted by Gasteiger charge is -2.07. The first kappa shape index (κ1) is 15.1. The van der Waals surface area contributed by atoms with Crippen molar-refractivity contribution < 1.29 is 23.1 Å². The third-order valence-electron chi connectivity index (χ3n) is 2.82. The van der Waals surface area contributed by atoms with Crippen LogP contribution in [0, 0.1) is 0 Å². The van der Waals surface area contributed by atoms with Crippen molar-refractivity contribution in [3.05, 3.63) is 60.2 Å². The van der Waals surface area contributed by atoms with Crippen LogP contribution in [-0.2, 0) is 9.84 Å². The SMILES string of the molecule is O=C(O)c1ccc(OCCS(=O)(=O)c2ccccc2)cc1. The molecule has 0 spiro atoms. The first-order chi connectivity index (χ1) is 9.99. The van der Waals surface area contributed by atoms with Gasteiger partial charge in [0.05, 0.1) is 16.2 Å². The van der Waals surface area contributed by atoms with Crippen LogP contribution in [-0.4, -0.2) is 31.9 Å². The van der Waals surface area contributed by atoms with E-state index >= 15 is 0 Å². The molecule has 0 aromatic heterocycles. The molecule has 0 aliphatic rings. The Hall–Kier alpha value is -2.34. The monoisotopic (exact) mass is 306 g/mol. The van der Waals surface area contributed by atoms with Gasteiger partial charge in [-0.1, -0.05) is 18.2 Å². The summed E-state index contributed by atoms with van der Waals surface area (Å²) in [6.07, 6.45) is 0. The van der Waals surface area contributed by atoms with Crippen LogP contribution < -0.4 is 4.74 Å². The van der Waals surface area contributed by atoms with Crippen molar-refractivity contribution in [1.29, 1.82) is 0 Å². The number of carboxylic acid groups (broad SMARTS) is 1. The summed E-state index contributed by atoms with van der Waals surface area (Å²) in [5.74, 6) is -0.728. The summed E-state index contributed by atoms with van der Waals surface area (Å²) < 4.78 is 29.3. The lowest BCUT2D eigenvalue weighted by molar-refractivity contribution is 0.0697. The Balaban J connectivity index is 1.94. The molecule has 0 atom stereocenters. The average Bonchev–Trinajstić information content (AvgIpc) is 2.48. The van der Waals surface area contributed by atoms with Gasteiger partial charge in [0.15, 0.2) is 9.84 Å². The second kappa shape index (κ2) is 6.41. The fourth-order valence-corrected chi connectivity index (χ4v) is 2.82. The van der Waals surface area contributed by atoms with Crippen molar-refractivity contribution in [3.63, 3.8) is 0 Å². The van der Waals surface area contributed by atoms with Gasteiger partial charge in [0.1, 0.15) is 12.4 Å². The molecule has 110 valence electrons. The highest BCUT2D eigenvalue weighted by molar-refractivity contribution is 7.91. The summed E-state index contributed by atoms with van der Waals surface area (Å²) in [5.41, 5.74) is 0.152. The number of carbonyl (C=O) groups is 1. The molecule has 0 bridgehead atoms. The number of benzene rings is 2. The molecule has 0 unspecified atom stereocenters. The van der Waals surface area contributed by atoms with Crippen LogP contribution in [0.1, 0.15) is 10.4 Å². The van der Waals surface area contributed by atoms with E-state index in [1.165, 1.54) is 36.4 Å². The van der Waals surface area contributed by atoms with E-state index in [1.54, 1.807) is 18.2 Å². The number of carboxylic acids is 1. The van der Waals surface area contributed by atoms with Gasteiger partial charge in [-0.25, -0.2) is 13.2 Å². The molecular weight excluding hydrogens is 292 g/mol. The Morgan fingerprint density at radius 2 is 1.62 bits per heavy atom. The molecule has 2 aromatic carbocycles. The van der Waals surface area contributed by atoms with Crippen molar-refractivity contribution in [2.45, 2.75) is 4.90 Å². The first-order valence-electron chi connectivity index (χ1n) is 6.23. The zero-order valence-electron chi connectivity index (χ0n) is 11.1. The highest BCUT2D eigenvalue weighted by Gasteiger charge is 2.13. The van der Waals surface area contributed by atoms with E-state index in [2.05, 4.69) is 0 Å². The van der Waals surface area contributed by atoms with Crippen molar-refractivity contribution >= 4 is 15.8 Å². The van der Waals surface area contributed by atoms with Crippen LogP contribution in [0.5, 0.6) is 5.75 Å². The van der Waals surface area contributed by atoms with E-state index < -0.39 is 15.8 Å². The number of aromatic carboxylic acids is 1. The minimum Gasteiger partial charge on any atom is -0.493 e. The summed E-state index contributed by atoms with van der Waals surface area (Å²) in [4.78, 5) is 11.0. The van der Waals surface area contributed by atoms with E-state index in [4.69, 9.17) is 9.84 Å². The third-order valence-corrected chi connectivity index (χ3v) is 4.52. The van der Waals surface area contributed by atoms with Gasteiger partial charge >= 0.3 is 5.97 Å². The molecule has 0 saturated heterocycles. The summed E-state index contributed by atoms with van der Waals surface area (Å²) in [6, 6.07) is 14.0. The van der Waals surface area contributed by atoms with Crippen molar-refractivity contribution in [3.8, 4) is 5.75 Å². The number of ether oxygens (including phenoxy) is 1. The molecule has 2 rings (SSSR count). The predicted octanol–water partition coefficient (Wildman–Crippen LogP) is 2.24. The number of hydrogen-bond acceptors (Lipinski definition) is 4. The summed E-state index contributed by atoms with van der Waals surface area (Å²) in [7, 11) is -3.37. The molecule has 0 radical (unpaired) electrons. The molecule has 0 aliphatic carbocycles. The van der Waals surface area contributed by atoms with Crippen LogP contribution in [0.25, 0.3) is 0 Å². The fourth-order valence-electron chi connectivity index (χ4n) is 1.71. The smallest absolute Gasteiger partial charge is 0.335 e. The van der Waals surface area contributed by atoms with E-state index in [9.17, 15) is 13.2 Å². The van der Waals surface area contributed by atoms with Gasteiger partial charge in [0.25, 0.3) is 0 Å². The molecule has 0 amide bonds. The van der Waals surface area contributed by atoms with E-state index in [0.29, 0.717) is 5.75 Å². The molecule has 0 heterocycles. The van der Waals surface area contributed by atoms with Gasteiger partial charge in [0.2, 0.25) is 0 Å². The summed E-state index contributed by atoms with van der Waals surface area (Å²) in [6.45, 7) is 0.00362. The largest absolute Gasteiger partial charge is 0.493 e. The topological polar surface area (TPSA) is 80.7 Å². The van der Waals surface area contributed by atoms with Crippen LogP contribution in [0.15, 0.2) is 59.5 Å². The molecule has 1 N–H and O–H groups in total. The summed E-state index contributed by atoms with van der Waals surface area (Å²) in [5, 5.41) is 8.76. The maximum atomic E-state index is 12.0. The van der Waals surface area contributed by atoms with Gasteiger partial charge in [-0.15, -0.1) is 0 Å². The molecule has 2 aromatic rings. The number of rotatable bonds is 6. The standard InChI is InChI=1S/C15H14O5S/c16-15(17)12-6-8-13(9-7-12)20-10-11-21(18,19)14-4-2-1-3-5-14/h1-9H,10-11H2,(H,16,17). The maximum absolute atomic E-state index is 12.0. The Bertz CT molecular complexity index is 705. The van der Waals surface area contributed by atoms with Gasteiger partial charge in [-0.05, 0) is 36.4 Å². The Labute approximate surface area is 122 Å². The molecule has 0 fully saturated rings. The lowest BCUT2D eigenvalue weighted by Crippen LogP contribution is -2.14. The minimum absolute atomic E-state index is 0.00362. The second-order valence-electron chi connectivity index (χ2n) is 4.31. The fraction of sp³-hybridized carbons (Fsp3) is 0.133. The average molecular weight is 306 g/mol. The summed E-state index contributed by atoms with van der Waals surface area (Å²) >= 11 is 0. The third kappa shape index (κ3) is 4.06.